The summed E-state index contributed by atoms with van der Waals surface area (Å²) in [5.41, 5.74) is 0.496. The summed E-state index contributed by atoms with van der Waals surface area (Å²) in [6.45, 7) is 6.15. The zero-order valence-electron chi connectivity index (χ0n) is 17.1. The van der Waals surface area contributed by atoms with Crippen LogP contribution in [0, 0.1) is 12.8 Å². The molecule has 7 nitrogen and oxygen atoms in total. The van der Waals surface area contributed by atoms with Crippen LogP contribution in [0.2, 0.25) is 0 Å². The highest BCUT2D eigenvalue weighted by molar-refractivity contribution is 7.20. The first-order chi connectivity index (χ1) is 13.9. The smallest absolute Gasteiger partial charge is 0.349 e. The van der Waals surface area contributed by atoms with E-state index in [2.05, 4.69) is 17.2 Å². The lowest BCUT2D eigenvalue weighted by Crippen LogP contribution is -2.45. The average molecular weight is 418 g/mol. The molecule has 0 bridgehead atoms. The molecular weight excluding hydrogens is 390 g/mol. The van der Waals surface area contributed by atoms with Crippen molar-refractivity contribution in [3.05, 3.63) is 26.6 Å². The molecule has 0 radical (unpaired) electrons. The Balaban J connectivity index is 1.50. The molecule has 1 aliphatic heterocycles. The Bertz CT molecular complexity index is 1030. The minimum absolute atomic E-state index is 0.0904. The maximum atomic E-state index is 12.8. The number of nitrogens with zero attached hydrogens (tertiary/aromatic N) is 2. The van der Waals surface area contributed by atoms with Gasteiger partial charge in [0.15, 0.2) is 6.10 Å². The lowest BCUT2D eigenvalue weighted by Gasteiger charge is -2.30. The summed E-state index contributed by atoms with van der Waals surface area (Å²) >= 11 is 1.17. The van der Waals surface area contributed by atoms with Gasteiger partial charge in [-0.3, -0.25) is 14.2 Å². The summed E-state index contributed by atoms with van der Waals surface area (Å²) in [6, 6.07) is 0.134. The van der Waals surface area contributed by atoms with Gasteiger partial charge < -0.3 is 10.1 Å². The summed E-state index contributed by atoms with van der Waals surface area (Å²) in [6.07, 6.45) is 5.17. The van der Waals surface area contributed by atoms with Gasteiger partial charge in [-0.1, -0.05) is 19.8 Å². The van der Waals surface area contributed by atoms with Gasteiger partial charge in [-0.05, 0) is 44.6 Å². The number of nitrogens with one attached hydrogen (secondary N) is 1. The normalized spacial score (nSPS) is 22.3. The van der Waals surface area contributed by atoms with Crippen molar-refractivity contribution in [1.82, 2.24) is 14.9 Å². The fraction of sp³-hybridized carbons (Fsp3) is 0.619. The zero-order valence-corrected chi connectivity index (χ0v) is 17.9. The summed E-state index contributed by atoms with van der Waals surface area (Å²) < 4.78 is 7.14. The lowest BCUT2D eigenvalue weighted by molar-refractivity contribution is -0.130. The predicted octanol–water partition coefficient (Wildman–Crippen LogP) is 2.95. The quantitative estimate of drug-likeness (QED) is 0.773. The molecule has 156 valence electrons. The Morgan fingerprint density at radius 2 is 2.03 bits per heavy atom. The van der Waals surface area contributed by atoms with E-state index in [0.29, 0.717) is 33.1 Å². The van der Waals surface area contributed by atoms with Crippen LogP contribution in [0.3, 0.4) is 0 Å². The molecule has 0 unspecified atom stereocenters. The van der Waals surface area contributed by atoms with Gasteiger partial charge >= 0.3 is 5.97 Å². The highest BCUT2D eigenvalue weighted by Crippen LogP contribution is 2.29. The van der Waals surface area contributed by atoms with Crippen LogP contribution in [0.4, 0.5) is 0 Å². The molecule has 3 heterocycles. The van der Waals surface area contributed by atoms with Crippen molar-refractivity contribution in [2.75, 3.05) is 0 Å². The first-order valence-electron chi connectivity index (χ1n) is 10.4. The van der Waals surface area contributed by atoms with Crippen LogP contribution < -0.4 is 10.9 Å². The van der Waals surface area contributed by atoms with Crippen molar-refractivity contribution in [2.45, 2.75) is 78.0 Å². The monoisotopic (exact) mass is 417 g/mol. The summed E-state index contributed by atoms with van der Waals surface area (Å²) in [5.74, 6) is 0.363. The number of carbonyl (C=O) groups excluding carboxylic acids is 2. The van der Waals surface area contributed by atoms with Crippen LogP contribution in [0.5, 0.6) is 0 Å². The van der Waals surface area contributed by atoms with Crippen LogP contribution in [-0.2, 0) is 22.5 Å². The van der Waals surface area contributed by atoms with Crippen LogP contribution in [-0.4, -0.2) is 33.6 Å². The Labute approximate surface area is 173 Å². The number of esters is 1. The molecule has 8 heteroatoms. The topological polar surface area (TPSA) is 90.3 Å². The van der Waals surface area contributed by atoms with Gasteiger partial charge in [-0.15, -0.1) is 11.3 Å². The second-order valence-electron chi connectivity index (χ2n) is 8.25. The molecule has 0 spiro atoms. The maximum Gasteiger partial charge on any atom is 0.349 e. The first kappa shape index (κ1) is 20.1. The van der Waals surface area contributed by atoms with Gasteiger partial charge in [0.05, 0.1) is 5.39 Å². The predicted molar refractivity (Wildman–Crippen MR) is 111 cm³/mol. The average Bonchev–Trinajstić information content (AvgIpc) is 3.28. The van der Waals surface area contributed by atoms with E-state index >= 15 is 0 Å². The Morgan fingerprint density at radius 1 is 1.28 bits per heavy atom. The van der Waals surface area contributed by atoms with Crippen LogP contribution in [0.15, 0.2) is 4.79 Å². The van der Waals surface area contributed by atoms with E-state index in [0.717, 1.165) is 37.9 Å². The number of thiophene rings is 1. The maximum absolute atomic E-state index is 12.8. The third-order valence-corrected chi connectivity index (χ3v) is 7.35. The largest absolute Gasteiger partial charge is 0.448 e. The van der Waals surface area contributed by atoms with Gasteiger partial charge in [0.25, 0.3) is 11.5 Å². The fourth-order valence-electron chi connectivity index (χ4n) is 4.37. The van der Waals surface area contributed by atoms with E-state index in [1.807, 2.05) is 0 Å². The number of fused-ring (bicyclic) bond motifs is 2. The van der Waals surface area contributed by atoms with Crippen molar-refractivity contribution in [2.24, 2.45) is 5.92 Å². The molecule has 2 aromatic rings. The molecule has 0 aromatic carbocycles. The van der Waals surface area contributed by atoms with Gasteiger partial charge in [-0.25, -0.2) is 9.78 Å². The molecule has 1 aliphatic carbocycles. The number of hydrogen-bond donors (Lipinski definition) is 1. The molecule has 4 rings (SSSR count). The second-order valence-corrected chi connectivity index (χ2v) is 9.25. The standard InChI is InChI=1S/C21H27N3O4S/c1-11-7-4-5-8-14(11)22-18(25)13(3)28-21(27)17-12(2)16-19(29-17)23-15-9-6-10-24(15)20(16)26/h11,13-14H,4-10H2,1-3H3,(H,22,25)/t11-,13+,14-/m0/s1. The SMILES string of the molecule is Cc1c(C(=O)O[C@H](C)C(=O)N[C@H]2CCCC[C@@H]2C)sc2nc3n(c(=O)c12)CCC3. The summed E-state index contributed by atoms with van der Waals surface area (Å²) in [5, 5.41) is 3.51. The van der Waals surface area contributed by atoms with E-state index < -0.39 is 12.1 Å². The third-order valence-electron chi connectivity index (χ3n) is 6.19. The number of aryl methyl sites for hydroxylation is 2. The Hall–Kier alpha value is -2.22. The lowest BCUT2D eigenvalue weighted by atomic mass is 9.86. The number of hydrogen-bond acceptors (Lipinski definition) is 6. The molecule has 3 atom stereocenters. The van der Waals surface area contributed by atoms with E-state index in [-0.39, 0.29) is 17.5 Å². The highest BCUT2D eigenvalue weighted by atomic mass is 32.1. The molecule has 1 amide bonds. The molecule has 29 heavy (non-hydrogen) atoms. The molecule has 2 aromatic heterocycles. The van der Waals surface area contributed by atoms with Crippen molar-refractivity contribution in [3.8, 4) is 0 Å². The minimum atomic E-state index is -0.889. The van der Waals surface area contributed by atoms with Crippen molar-refractivity contribution >= 4 is 33.4 Å². The number of carbonyl (C=O) groups is 2. The van der Waals surface area contributed by atoms with Crippen molar-refractivity contribution in [3.63, 3.8) is 0 Å². The minimum Gasteiger partial charge on any atom is -0.448 e. The Morgan fingerprint density at radius 3 is 2.79 bits per heavy atom. The molecule has 1 N–H and O–H groups in total. The van der Waals surface area contributed by atoms with Crippen LogP contribution >= 0.6 is 11.3 Å². The molecule has 2 aliphatic rings. The van der Waals surface area contributed by atoms with E-state index in [9.17, 15) is 14.4 Å². The number of amides is 1. The fourth-order valence-corrected chi connectivity index (χ4v) is 5.44. The number of ether oxygens (including phenoxy) is 1. The van der Waals surface area contributed by atoms with Gasteiger partial charge in [0.2, 0.25) is 0 Å². The second kappa shape index (κ2) is 7.89. The molecule has 1 fully saturated rings. The highest BCUT2D eigenvalue weighted by Gasteiger charge is 2.29. The van der Waals surface area contributed by atoms with Gasteiger partial charge in [0.1, 0.15) is 15.5 Å². The summed E-state index contributed by atoms with van der Waals surface area (Å²) in [7, 11) is 0. The Kier molecular flexibility index (Phi) is 5.46. The van der Waals surface area contributed by atoms with Crippen LogP contribution in [0.25, 0.3) is 10.2 Å². The van der Waals surface area contributed by atoms with Crippen molar-refractivity contribution < 1.29 is 14.3 Å². The molecule has 1 saturated carbocycles. The van der Waals surface area contributed by atoms with E-state index in [4.69, 9.17) is 4.74 Å². The van der Waals surface area contributed by atoms with Crippen molar-refractivity contribution in [1.29, 1.82) is 0 Å². The summed E-state index contributed by atoms with van der Waals surface area (Å²) in [4.78, 5) is 43.5. The van der Waals surface area contributed by atoms with E-state index in [1.54, 1.807) is 18.4 Å². The molecular formula is C21H27N3O4S. The van der Waals surface area contributed by atoms with E-state index in [1.165, 1.54) is 17.8 Å². The molecule has 0 saturated heterocycles. The first-order valence-corrected chi connectivity index (χ1v) is 11.2. The number of rotatable bonds is 4. The number of aromatic nitrogens is 2. The van der Waals surface area contributed by atoms with Crippen LogP contribution in [0.1, 0.15) is 67.0 Å². The van der Waals surface area contributed by atoms with Gasteiger partial charge in [-0.2, -0.15) is 0 Å². The zero-order chi connectivity index (χ0) is 20.7. The third kappa shape index (κ3) is 3.70. The van der Waals surface area contributed by atoms with Gasteiger partial charge in [0, 0.05) is 19.0 Å².